The number of hydrogen-bond acceptors (Lipinski definition) is 1. The van der Waals surface area contributed by atoms with Gasteiger partial charge in [0.05, 0.1) is 5.54 Å². The predicted molar refractivity (Wildman–Crippen MR) is 86.2 cm³/mol. The molecule has 0 heterocycles. The molecule has 0 fully saturated rings. The lowest BCUT2D eigenvalue weighted by Gasteiger charge is -2.29. The summed E-state index contributed by atoms with van der Waals surface area (Å²) >= 11 is 3.45. The molecule has 0 saturated carbocycles. The van der Waals surface area contributed by atoms with E-state index in [9.17, 15) is 9.18 Å². The van der Waals surface area contributed by atoms with Gasteiger partial charge >= 0.3 is 0 Å². The number of rotatable bonds is 4. The van der Waals surface area contributed by atoms with Crippen LogP contribution in [-0.2, 0) is 5.54 Å². The molecule has 0 aliphatic carbocycles. The average Bonchev–Trinajstić information content (AvgIpc) is 2.47. The Morgan fingerprint density at radius 3 is 2.48 bits per heavy atom. The van der Waals surface area contributed by atoms with E-state index in [1.54, 1.807) is 13.0 Å². The Morgan fingerprint density at radius 1 is 1.24 bits per heavy atom. The molecule has 0 aliphatic rings. The number of aryl methyl sites for hydroxylation is 1. The van der Waals surface area contributed by atoms with Gasteiger partial charge in [-0.1, -0.05) is 46.3 Å². The van der Waals surface area contributed by atoms with Crippen LogP contribution < -0.4 is 5.32 Å². The molecule has 0 radical (unpaired) electrons. The first kappa shape index (κ1) is 15.7. The molecular weight excluding hydrogens is 333 g/mol. The van der Waals surface area contributed by atoms with Crippen LogP contribution in [0.2, 0.25) is 0 Å². The molecule has 2 aromatic carbocycles. The average molecular weight is 350 g/mol. The molecule has 1 amide bonds. The van der Waals surface area contributed by atoms with Crippen LogP contribution in [0.25, 0.3) is 0 Å². The van der Waals surface area contributed by atoms with Gasteiger partial charge in [0.1, 0.15) is 5.82 Å². The fraction of sp³-hybridized carbons (Fsp3) is 0.235. The van der Waals surface area contributed by atoms with Crippen LogP contribution >= 0.6 is 15.9 Å². The fourth-order valence-electron chi connectivity index (χ4n) is 2.18. The highest BCUT2D eigenvalue weighted by molar-refractivity contribution is 9.09. The highest BCUT2D eigenvalue weighted by Gasteiger charge is 2.27. The third-order valence-electron chi connectivity index (χ3n) is 3.37. The standard InChI is InChI=1S/C17H17BrFNO/c1-12-8-13(10-15(19)9-12)16(21)20-17(2,11-18)14-6-4-3-5-7-14/h3-10H,11H2,1-2H3,(H,20,21). The van der Waals surface area contributed by atoms with Crippen molar-refractivity contribution in [3.05, 3.63) is 71.0 Å². The summed E-state index contributed by atoms with van der Waals surface area (Å²) in [6, 6.07) is 14.0. The number of halogens is 2. The van der Waals surface area contributed by atoms with Gasteiger partial charge in [0, 0.05) is 10.9 Å². The van der Waals surface area contributed by atoms with Gasteiger partial charge in [-0.15, -0.1) is 0 Å². The van der Waals surface area contributed by atoms with Crippen LogP contribution in [0.15, 0.2) is 48.5 Å². The van der Waals surface area contributed by atoms with Crippen molar-refractivity contribution in [3.8, 4) is 0 Å². The summed E-state index contributed by atoms with van der Waals surface area (Å²) in [5, 5.41) is 3.54. The number of nitrogens with one attached hydrogen (secondary N) is 1. The van der Waals surface area contributed by atoms with Crippen molar-refractivity contribution < 1.29 is 9.18 Å². The molecule has 21 heavy (non-hydrogen) atoms. The van der Waals surface area contributed by atoms with Gasteiger partial charge in [-0.2, -0.15) is 0 Å². The summed E-state index contributed by atoms with van der Waals surface area (Å²) in [5.41, 5.74) is 1.48. The number of benzene rings is 2. The smallest absolute Gasteiger partial charge is 0.252 e. The van der Waals surface area contributed by atoms with E-state index < -0.39 is 11.4 Å². The molecule has 0 aromatic heterocycles. The second-order valence-corrected chi connectivity index (χ2v) is 5.86. The van der Waals surface area contributed by atoms with Crippen molar-refractivity contribution >= 4 is 21.8 Å². The molecular formula is C17H17BrFNO. The third kappa shape index (κ3) is 3.70. The van der Waals surface area contributed by atoms with Gasteiger partial charge in [-0.3, -0.25) is 4.79 Å². The van der Waals surface area contributed by atoms with Crippen LogP contribution in [0.5, 0.6) is 0 Å². The van der Waals surface area contributed by atoms with Crippen LogP contribution in [0.4, 0.5) is 4.39 Å². The van der Waals surface area contributed by atoms with Gasteiger partial charge in [-0.25, -0.2) is 4.39 Å². The summed E-state index contributed by atoms with van der Waals surface area (Å²) in [6.07, 6.45) is 0. The minimum absolute atomic E-state index is 0.289. The lowest BCUT2D eigenvalue weighted by molar-refractivity contribution is 0.0913. The van der Waals surface area contributed by atoms with E-state index in [1.807, 2.05) is 37.3 Å². The molecule has 2 rings (SSSR count). The number of carbonyl (C=O) groups is 1. The van der Waals surface area contributed by atoms with E-state index >= 15 is 0 Å². The van der Waals surface area contributed by atoms with Crippen LogP contribution in [0.1, 0.15) is 28.4 Å². The Hall–Kier alpha value is -1.68. The summed E-state index contributed by atoms with van der Waals surface area (Å²) in [4.78, 5) is 12.4. The zero-order valence-electron chi connectivity index (χ0n) is 12.0. The van der Waals surface area contributed by atoms with Gasteiger partial charge in [0.25, 0.3) is 5.91 Å². The van der Waals surface area contributed by atoms with Gasteiger partial charge in [0.2, 0.25) is 0 Å². The SMILES string of the molecule is Cc1cc(F)cc(C(=O)NC(C)(CBr)c2ccccc2)c1. The zero-order valence-corrected chi connectivity index (χ0v) is 13.6. The minimum atomic E-state index is -0.557. The first-order chi connectivity index (χ1) is 9.94. The molecule has 0 saturated heterocycles. The topological polar surface area (TPSA) is 29.1 Å². The number of alkyl halides is 1. The van der Waals surface area contributed by atoms with Crippen LogP contribution in [-0.4, -0.2) is 11.2 Å². The molecule has 1 atom stereocenters. The van der Waals surface area contributed by atoms with Crippen molar-refractivity contribution in [1.82, 2.24) is 5.32 Å². The summed E-state index contributed by atoms with van der Waals surface area (Å²) in [5.74, 6) is -0.691. The molecule has 2 nitrogen and oxygen atoms in total. The van der Waals surface area contributed by atoms with E-state index in [4.69, 9.17) is 0 Å². The van der Waals surface area contributed by atoms with Gasteiger partial charge < -0.3 is 5.32 Å². The first-order valence-electron chi connectivity index (χ1n) is 6.66. The lowest BCUT2D eigenvalue weighted by Crippen LogP contribution is -2.45. The van der Waals surface area contributed by atoms with Gasteiger partial charge in [0.15, 0.2) is 0 Å². The number of amides is 1. The molecule has 4 heteroatoms. The monoisotopic (exact) mass is 349 g/mol. The molecule has 0 aliphatic heterocycles. The van der Waals surface area contributed by atoms with E-state index in [0.29, 0.717) is 10.9 Å². The Kier molecular flexibility index (Phi) is 4.78. The van der Waals surface area contributed by atoms with E-state index in [-0.39, 0.29) is 5.91 Å². The maximum Gasteiger partial charge on any atom is 0.252 e. The maximum absolute atomic E-state index is 13.4. The second kappa shape index (κ2) is 6.39. The first-order valence-corrected chi connectivity index (χ1v) is 7.78. The van der Waals surface area contributed by atoms with Crippen molar-refractivity contribution in [2.45, 2.75) is 19.4 Å². The van der Waals surface area contributed by atoms with E-state index in [2.05, 4.69) is 21.2 Å². The predicted octanol–water partition coefficient (Wildman–Crippen LogP) is 4.17. The Labute approximate surface area is 132 Å². The normalized spacial score (nSPS) is 13.5. The maximum atomic E-state index is 13.4. The van der Waals surface area contributed by atoms with Crippen molar-refractivity contribution in [3.63, 3.8) is 0 Å². The molecule has 110 valence electrons. The Bertz CT molecular complexity index is 624. The van der Waals surface area contributed by atoms with E-state index in [0.717, 1.165) is 11.1 Å². The quantitative estimate of drug-likeness (QED) is 0.824. The number of carbonyl (C=O) groups excluding carboxylic acids is 1. The number of hydrogen-bond donors (Lipinski definition) is 1. The molecule has 1 N–H and O–H groups in total. The Morgan fingerprint density at radius 2 is 1.90 bits per heavy atom. The van der Waals surface area contributed by atoms with Crippen molar-refractivity contribution in [1.29, 1.82) is 0 Å². The Balaban J connectivity index is 2.28. The summed E-state index contributed by atoms with van der Waals surface area (Å²) < 4.78 is 13.4. The largest absolute Gasteiger partial charge is 0.342 e. The highest BCUT2D eigenvalue weighted by Crippen LogP contribution is 2.23. The lowest BCUT2D eigenvalue weighted by atomic mass is 9.93. The highest BCUT2D eigenvalue weighted by atomic mass is 79.9. The van der Waals surface area contributed by atoms with Crippen LogP contribution in [0.3, 0.4) is 0 Å². The third-order valence-corrected chi connectivity index (χ3v) is 4.49. The second-order valence-electron chi connectivity index (χ2n) is 5.30. The molecule has 1 unspecified atom stereocenters. The summed E-state index contributed by atoms with van der Waals surface area (Å²) in [7, 11) is 0. The molecule has 0 bridgehead atoms. The van der Waals surface area contributed by atoms with E-state index in [1.165, 1.54) is 12.1 Å². The van der Waals surface area contributed by atoms with Gasteiger partial charge in [-0.05, 0) is 43.2 Å². The molecule has 0 spiro atoms. The van der Waals surface area contributed by atoms with Crippen molar-refractivity contribution in [2.24, 2.45) is 0 Å². The minimum Gasteiger partial charge on any atom is -0.342 e. The molecule has 2 aromatic rings. The van der Waals surface area contributed by atoms with Crippen LogP contribution in [0, 0.1) is 12.7 Å². The zero-order chi connectivity index (χ0) is 15.5. The fourth-order valence-corrected chi connectivity index (χ4v) is 2.64. The van der Waals surface area contributed by atoms with Crippen molar-refractivity contribution in [2.75, 3.05) is 5.33 Å². The summed E-state index contributed by atoms with van der Waals surface area (Å²) in [6.45, 7) is 3.70.